The van der Waals surface area contributed by atoms with E-state index in [2.05, 4.69) is 0 Å². The Labute approximate surface area is 236 Å². The number of carbonyl (C=O) groups excluding carboxylic acids is 4. The van der Waals surface area contributed by atoms with Gasteiger partial charge < -0.3 is 36.4 Å². The molecular formula is C25H50N2O10Si2. The van der Waals surface area contributed by atoms with Gasteiger partial charge in [0.25, 0.3) is 11.8 Å². The van der Waals surface area contributed by atoms with Crippen molar-refractivity contribution in [2.45, 2.75) is 72.9 Å². The van der Waals surface area contributed by atoms with E-state index >= 15 is 0 Å². The van der Waals surface area contributed by atoms with E-state index in [1.165, 1.54) is 9.80 Å². The topological polar surface area (TPSA) is 130 Å². The number of hydrogen-bond acceptors (Lipinski definition) is 10. The molecule has 0 rings (SSSR count). The normalized spacial score (nSPS) is 11.8. The van der Waals surface area contributed by atoms with Gasteiger partial charge in [-0.05, 0) is 60.8 Å². The first-order valence-corrected chi connectivity index (χ1v) is 17.9. The van der Waals surface area contributed by atoms with Crippen LogP contribution < -0.4 is 0 Å². The highest BCUT2D eigenvalue weighted by Gasteiger charge is 2.41. The maximum Gasteiger partial charge on any atom is 0.500 e. The number of rotatable bonds is 26. The van der Waals surface area contributed by atoms with Crippen molar-refractivity contribution in [3.8, 4) is 0 Å². The Morgan fingerprint density at radius 1 is 0.513 bits per heavy atom. The van der Waals surface area contributed by atoms with Gasteiger partial charge in [-0.15, -0.1) is 0 Å². The fourth-order valence-electron chi connectivity index (χ4n) is 4.24. The summed E-state index contributed by atoms with van der Waals surface area (Å²) in [7, 11) is -5.74. The molecule has 0 aliphatic rings. The van der Waals surface area contributed by atoms with Crippen LogP contribution in [0.3, 0.4) is 0 Å². The third kappa shape index (κ3) is 14.6. The maximum atomic E-state index is 12.3. The molecule has 0 unspecified atom stereocenters. The molecule has 12 nitrogen and oxygen atoms in total. The van der Waals surface area contributed by atoms with Gasteiger partial charge in [-0.25, -0.2) is 0 Å². The lowest BCUT2D eigenvalue weighted by Crippen LogP contribution is -2.47. The van der Waals surface area contributed by atoms with Crippen LogP contribution in [0.5, 0.6) is 0 Å². The van der Waals surface area contributed by atoms with Crippen LogP contribution in [0.1, 0.15) is 60.8 Å². The van der Waals surface area contributed by atoms with Crippen LogP contribution in [-0.2, 0) is 45.7 Å². The number of aldehydes is 2. The van der Waals surface area contributed by atoms with Crippen molar-refractivity contribution in [1.82, 2.24) is 9.80 Å². The van der Waals surface area contributed by atoms with E-state index in [4.69, 9.17) is 26.6 Å². The average Bonchev–Trinajstić information content (AvgIpc) is 2.91. The van der Waals surface area contributed by atoms with Crippen LogP contribution in [0.15, 0.2) is 0 Å². The highest BCUT2D eigenvalue weighted by atomic mass is 28.4. The van der Waals surface area contributed by atoms with Crippen LogP contribution in [0.2, 0.25) is 12.1 Å². The largest absolute Gasteiger partial charge is 0.500 e. The van der Waals surface area contributed by atoms with E-state index in [-0.39, 0.29) is 25.7 Å². The third-order valence-electron chi connectivity index (χ3n) is 5.69. The van der Waals surface area contributed by atoms with Gasteiger partial charge in [-0.2, -0.15) is 0 Å². The molecule has 0 aliphatic heterocycles. The summed E-state index contributed by atoms with van der Waals surface area (Å²) in [6.07, 6.45) is 2.02. The molecule has 0 saturated carbocycles. The molecule has 0 fully saturated rings. The lowest BCUT2D eigenvalue weighted by molar-refractivity contribution is -0.140. The first-order valence-electron chi connectivity index (χ1n) is 14.1. The smallest absolute Gasteiger partial charge is 0.374 e. The zero-order chi connectivity index (χ0) is 29.6. The molecule has 39 heavy (non-hydrogen) atoms. The van der Waals surface area contributed by atoms with Gasteiger partial charge in [-0.1, -0.05) is 0 Å². The van der Waals surface area contributed by atoms with Crippen LogP contribution in [0.25, 0.3) is 0 Å². The van der Waals surface area contributed by atoms with Gasteiger partial charge in [0.2, 0.25) is 12.6 Å². The van der Waals surface area contributed by atoms with Crippen molar-refractivity contribution in [2.24, 2.45) is 0 Å². The second kappa shape index (κ2) is 22.2. The Bertz CT molecular complexity index is 612. The Morgan fingerprint density at radius 2 is 0.769 bits per heavy atom. The minimum Gasteiger partial charge on any atom is -0.374 e. The lowest BCUT2D eigenvalue weighted by Gasteiger charge is -2.30. The third-order valence-corrected chi connectivity index (χ3v) is 12.0. The zero-order valence-corrected chi connectivity index (χ0v) is 26.7. The zero-order valence-electron chi connectivity index (χ0n) is 24.7. The van der Waals surface area contributed by atoms with E-state index in [0.717, 1.165) is 0 Å². The van der Waals surface area contributed by atoms with Crippen LogP contribution >= 0.6 is 0 Å². The number of amides is 2. The Kier molecular flexibility index (Phi) is 21.3. The highest BCUT2D eigenvalue weighted by molar-refractivity contribution is 6.61. The van der Waals surface area contributed by atoms with Gasteiger partial charge in [0.05, 0.1) is 0 Å². The lowest BCUT2D eigenvalue weighted by atomic mass is 10.3. The SMILES string of the molecule is CCO[Si](CCCN(CCCN(CCC[Si](OCC)(OCC)OCC)C(=O)C=O)C(=O)C=O)(OCC)OCC. The quantitative estimate of drug-likeness (QED) is 0.0835. The van der Waals surface area contributed by atoms with Gasteiger partial charge in [-0.3, -0.25) is 19.2 Å². The summed E-state index contributed by atoms with van der Waals surface area (Å²) < 4.78 is 35.1. The highest BCUT2D eigenvalue weighted by Crippen LogP contribution is 2.20. The van der Waals surface area contributed by atoms with Crippen molar-refractivity contribution in [1.29, 1.82) is 0 Å². The molecule has 0 spiro atoms. The monoisotopic (exact) mass is 594 g/mol. The van der Waals surface area contributed by atoms with Crippen LogP contribution in [0, 0.1) is 0 Å². The number of nitrogens with zero attached hydrogens (tertiary/aromatic N) is 2. The predicted octanol–water partition coefficient (Wildman–Crippen LogP) is 2.31. The molecule has 0 aromatic carbocycles. The summed E-state index contributed by atoms with van der Waals surface area (Å²) >= 11 is 0. The van der Waals surface area contributed by atoms with Crippen molar-refractivity contribution in [2.75, 3.05) is 65.8 Å². The van der Waals surface area contributed by atoms with Crippen molar-refractivity contribution >= 4 is 42.0 Å². The first-order chi connectivity index (χ1) is 18.8. The van der Waals surface area contributed by atoms with Crippen LogP contribution in [-0.4, -0.2) is 118 Å². The minimum absolute atomic E-state index is 0.252. The summed E-state index contributed by atoms with van der Waals surface area (Å²) in [6, 6.07) is 1.01. The number of carbonyl (C=O) groups is 4. The molecular weight excluding hydrogens is 544 g/mol. The molecule has 0 N–H and O–H groups in total. The van der Waals surface area contributed by atoms with Gasteiger partial charge in [0.15, 0.2) is 0 Å². The molecule has 14 heteroatoms. The Balaban J connectivity index is 5.14. The molecule has 0 saturated heterocycles. The minimum atomic E-state index is -2.87. The summed E-state index contributed by atoms with van der Waals surface area (Å²) in [4.78, 5) is 50.0. The number of hydrogen-bond donors (Lipinski definition) is 0. The summed E-state index contributed by atoms with van der Waals surface area (Å²) in [5, 5.41) is 0. The molecule has 0 radical (unpaired) electrons. The standard InChI is InChI=1S/C25H50N2O10Si2/c1-7-32-38(33-8-2,34-9-3)20-14-18-26(24(30)22-28)16-13-17-27(25(31)23-29)19-15-21-39(35-10-4,36-11-5)37-12-6/h22-23H,7-21H2,1-6H3. The summed E-state index contributed by atoms with van der Waals surface area (Å²) in [6.45, 7) is 15.1. The van der Waals surface area contributed by atoms with Crippen molar-refractivity contribution < 1.29 is 45.7 Å². The molecule has 0 aliphatic carbocycles. The van der Waals surface area contributed by atoms with Gasteiger partial charge in [0.1, 0.15) is 0 Å². The Hall–Kier alpha value is -1.53. The Morgan fingerprint density at radius 3 is 1.00 bits per heavy atom. The van der Waals surface area contributed by atoms with E-state index in [1.54, 1.807) is 0 Å². The van der Waals surface area contributed by atoms with Gasteiger partial charge in [0, 0.05) is 77.9 Å². The predicted molar refractivity (Wildman–Crippen MR) is 150 cm³/mol. The van der Waals surface area contributed by atoms with E-state index in [0.29, 0.717) is 84.1 Å². The van der Waals surface area contributed by atoms with E-state index in [9.17, 15) is 19.2 Å². The second-order valence-corrected chi connectivity index (χ2v) is 13.9. The molecule has 2 amide bonds. The molecule has 228 valence electrons. The first kappa shape index (κ1) is 37.5. The molecule has 0 aromatic rings. The van der Waals surface area contributed by atoms with E-state index < -0.39 is 29.4 Å². The fourth-order valence-corrected chi connectivity index (χ4v) is 9.43. The summed E-state index contributed by atoms with van der Waals surface area (Å²) in [5.74, 6) is -1.28. The van der Waals surface area contributed by atoms with E-state index in [1.807, 2.05) is 41.5 Å². The van der Waals surface area contributed by atoms with Crippen molar-refractivity contribution in [3.63, 3.8) is 0 Å². The molecule has 0 aromatic heterocycles. The maximum absolute atomic E-state index is 12.3. The second-order valence-electron chi connectivity index (χ2n) is 8.41. The van der Waals surface area contributed by atoms with Crippen molar-refractivity contribution in [3.05, 3.63) is 0 Å². The molecule has 0 bridgehead atoms. The summed E-state index contributed by atoms with van der Waals surface area (Å²) in [5.41, 5.74) is 0. The van der Waals surface area contributed by atoms with Gasteiger partial charge >= 0.3 is 17.6 Å². The van der Waals surface area contributed by atoms with Crippen LogP contribution in [0.4, 0.5) is 0 Å². The molecule has 0 atom stereocenters. The fraction of sp³-hybridized carbons (Fsp3) is 0.840. The average molecular weight is 595 g/mol. The molecule has 0 heterocycles.